The fraction of sp³-hybridized carbons (Fsp3) is 0.222. The van der Waals surface area contributed by atoms with Crippen LogP contribution in [0.1, 0.15) is 5.56 Å². The number of ether oxygens (including phenoxy) is 2. The molecule has 2 aromatic rings. The molecule has 23 heavy (non-hydrogen) atoms. The molecule has 0 saturated carbocycles. The second-order valence-electron chi connectivity index (χ2n) is 4.63. The summed E-state index contributed by atoms with van der Waals surface area (Å²) in [6, 6.07) is 11.0. The molecule has 0 bridgehead atoms. The Kier molecular flexibility index (Phi) is 6.48. The third-order valence-electron chi connectivity index (χ3n) is 2.97. The van der Waals surface area contributed by atoms with Crippen molar-refractivity contribution in [1.82, 2.24) is 10.3 Å². The third kappa shape index (κ3) is 6.10. The van der Waals surface area contributed by atoms with Crippen LogP contribution in [0.5, 0.6) is 11.5 Å². The van der Waals surface area contributed by atoms with E-state index in [9.17, 15) is 4.79 Å². The lowest BCUT2D eigenvalue weighted by molar-refractivity contribution is -0.120. The Morgan fingerprint density at radius 2 is 2.00 bits per heavy atom. The van der Waals surface area contributed by atoms with Crippen molar-refractivity contribution < 1.29 is 14.3 Å². The van der Waals surface area contributed by atoms with Crippen molar-refractivity contribution in [2.24, 2.45) is 0 Å². The monoisotopic (exact) mass is 310 g/mol. The molecule has 1 heterocycles. The zero-order chi connectivity index (χ0) is 16.3. The fourth-order valence-corrected chi connectivity index (χ4v) is 1.80. The number of carbonyl (C=O) groups is 1. The van der Waals surface area contributed by atoms with Gasteiger partial charge in [-0.1, -0.05) is 24.0 Å². The molecule has 118 valence electrons. The highest BCUT2D eigenvalue weighted by Gasteiger charge is 2.02. The van der Waals surface area contributed by atoms with Gasteiger partial charge in [-0.05, 0) is 29.8 Å². The predicted molar refractivity (Wildman–Crippen MR) is 87.2 cm³/mol. The van der Waals surface area contributed by atoms with Gasteiger partial charge in [-0.25, -0.2) is 0 Å². The Balaban J connectivity index is 1.65. The number of amides is 1. The third-order valence-corrected chi connectivity index (χ3v) is 2.97. The Labute approximate surface area is 135 Å². The van der Waals surface area contributed by atoms with Crippen LogP contribution in [0.2, 0.25) is 0 Å². The van der Waals surface area contributed by atoms with Crippen molar-refractivity contribution in [2.45, 2.75) is 6.42 Å². The van der Waals surface area contributed by atoms with E-state index >= 15 is 0 Å². The first-order valence-corrected chi connectivity index (χ1v) is 7.16. The molecule has 0 unspecified atom stereocenters. The topological polar surface area (TPSA) is 60.5 Å². The van der Waals surface area contributed by atoms with E-state index in [1.54, 1.807) is 25.6 Å². The van der Waals surface area contributed by atoms with Crippen molar-refractivity contribution in [3.63, 3.8) is 0 Å². The van der Waals surface area contributed by atoms with E-state index in [1.165, 1.54) is 0 Å². The number of nitrogens with one attached hydrogen (secondary N) is 1. The summed E-state index contributed by atoms with van der Waals surface area (Å²) in [5.74, 6) is 7.05. The summed E-state index contributed by atoms with van der Waals surface area (Å²) in [5, 5.41) is 2.75. The number of hydrogen-bond acceptors (Lipinski definition) is 4. The summed E-state index contributed by atoms with van der Waals surface area (Å²) >= 11 is 0. The number of rotatable bonds is 6. The number of aromatic nitrogens is 1. The van der Waals surface area contributed by atoms with Crippen molar-refractivity contribution >= 4 is 5.91 Å². The van der Waals surface area contributed by atoms with Crippen LogP contribution < -0.4 is 14.8 Å². The lowest BCUT2D eigenvalue weighted by Crippen LogP contribution is -2.25. The van der Waals surface area contributed by atoms with Crippen LogP contribution >= 0.6 is 0 Å². The molecular formula is C18H18N2O3. The summed E-state index contributed by atoms with van der Waals surface area (Å²) in [5.41, 5.74) is 0.927. The number of methoxy groups -OCH3 is 1. The minimum absolute atomic E-state index is 0.0716. The van der Waals surface area contributed by atoms with Crippen LogP contribution in [0.25, 0.3) is 0 Å². The van der Waals surface area contributed by atoms with Crippen LogP contribution in [0.3, 0.4) is 0 Å². The Hall–Kier alpha value is -3.00. The molecule has 1 amide bonds. The molecule has 5 heteroatoms. The van der Waals surface area contributed by atoms with Gasteiger partial charge in [0.2, 0.25) is 5.91 Å². The molecule has 0 aliphatic heterocycles. The maximum absolute atomic E-state index is 11.8. The first-order chi connectivity index (χ1) is 11.3. The van der Waals surface area contributed by atoms with Gasteiger partial charge in [-0.15, -0.1) is 0 Å². The van der Waals surface area contributed by atoms with Gasteiger partial charge in [-0.2, -0.15) is 0 Å². The lowest BCUT2D eigenvalue weighted by Gasteiger charge is -2.03. The normalized spacial score (nSPS) is 9.43. The second-order valence-corrected chi connectivity index (χ2v) is 4.63. The van der Waals surface area contributed by atoms with E-state index in [4.69, 9.17) is 9.47 Å². The minimum atomic E-state index is -0.0716. The van der Waals surface area contributed by atoms with E-state index in [0.29, 0.717) is 18.7 Å². The summed E-state index contributed by atoms with van der Waals surface area (Å²) in [7, 11) is 1.61. The lowest BCUT2D eigenvalue weighted by atomic mass is 10.1. The minimum Gasteiger partial charge on any atom is -0.497 e. The molecule has 0 fully saturated rings. The van der Waals surface area contributed by atoms with Crippen LogP contribution in [0.15, 0.2) is 48.8 Å². The number of pyridine rings is 1. The van der Waals surface area contributed by atoms with Crippen LogP contribution in [-0.2, 0) is 11.2 Å². The summed E-state index contributed by atoms with van der Waals surface area (Å²) in [6.07, 6.45) is 3.62. The van der Waals surface area contributed by atoms with Gasteiger partial charge in [0.1, 0.15) is 18.1 Å². The molecule has 0 aliphatic rings. The van der Waals surface area contributed by atoms with Gasteiger partial charge in [-0.3, -0.25) is 9.78 Å². The molecule has 0 atom stereocenters. The molecule has 2 rings (SSSR count). The molecule has 0 aliphatic carbocycles. The zero-order valence-corrected chi connectivity index (χ0v) is 12.9. The highest BCUT2D eigenvalue weighted by Crippen LogP contribution is 2.11. The summed E-state index contributed by atoms with van der Waals surface area (Å²) < 4.78 is 10.4. The quantitative estimate of drug-likeness (QED) is 0.827. The van der Waals surface area contributed by atoms with E-state index in [-0.39, 0.29) is 12.5 Å². The second kappa shape index (κ2) is 9.11. The molecule has 5 nitrogen and oxygen atoms in total. The molecule has 0 radical (unpaired) electrons. The highest BCUT2D eigenvalue weighted by atomic mass is 16.5. The van der Waals surface area contributed by atoms with Gasteiger partial charge in [0, 0.05) is 6.20 Å². The summed E-state index contributed by atoms with van der Waals surface area (Å²) in [6.45, 7) is 0.561. The van der Waals surface area contributed by atoms with E-state index in [1.807, 2.05) is 30.3 Å². The first-order valence-electron chi connectivity index (χ1n) is 7.16. The van der Waals surface area contributed by atoms with Gasteiger partial charge in [0.05, 0.1) is 26.3 Å². The summed E-state index contributed by atoms with van der Waals surface area (Å²) in [4.78, 5) is 15.7. The Bertz CT molecular complexity index is 673. The van der Waals surface area contributed by atoms with Crippen molar-refractivity contribution in [2.75, 3.05) is 20.3 Å². The predicted octanol–water partition coefficient (Wildman–Crippen LogP) is 1.83. The van der Waals surface area contributed by atoms with E-state index in [2.05, 4.69) is 22.1 Å². The molecule has 1 N–H and O–H groups in total. The van der Waals surface area contributed by atoms with Gasteiger partial charge >= 0.3 is 0 Å². The zero-order valence-electron chi connectivity index (χ0n) is 12.9. The van der Waals surface area contributed by atoms with Crippen molar-refractivity contribution in [1.29, 1.82) is 0 Å². The largest absolute Gasteiger partial charge is 0.497 e. The average molecular weight is 310 g/mol. The molecule has 1 aromatic heterocycles. The number of hydrogen-bond donors (Lipinski definition) is 1. The van der Waals surface area contributed by atoms with E-state index < -0.39 is 0 Å². The van der Waals surface area contributed by atoms with E-state index in [0.717, 1.165) is 11.3 Å². The Morgan fingerprint density at radius 3 is 2.70 bits per heavy atom. The highest BCUT2D eigenvalue weighted by molar-refractivity contribution is 5.78. The molecule has 0 spiro atoms. The van der Waals surface area contributed by atoms with Crippen molar-refractivity contribution in [3.05, 3.63) is 54.4 Å². The number of benzene rings is 1. The van der Waals surface area contributed by atoms with Gasteiger partial charge in [0.25, 0.3) is 0 Å². The fourth-order valence-electron chi connectivity index (χ4n) is 1.80. The van der Waals surface area contributed by atoms with Gasteiger partial charge < -0.3 is 14.8 Å². The molecular weight excluding hydrogens is 292 g/mol. The van der Waals surface area contributed by atoms with Crippen LogP contribution in [-0.4, -0.2) is 31.2 Å². The van der Waals surface area contributed by atoms with Crippen LogP contribution in [0.4, 0.5) is 0 Å². The SMILES string of the molecule is COc1ccc(CC(=O)NCC#CCOc2cccnc2)cc1. The Morgan fingerprint density at radius 1 is 1.17 bits per heavy atom. The first kappa shape index (κ1) is 16.4. The standard InChI is InChI=1S/C18H18N2O3/c1-22-16-8-6-15(7-9-16)13-18(21)20-11-2-3-12-23-17-5-4-10-19-14-17/h4-10,14H,11-13H2,1H3,(H,20,21). The van der Waals surface area contributed by atoms with Crippen molar-refractivity contribution in [3.8, 4) is 23.3 Å². The average Bonchev–Trinajstić information content (AvgIpc) is 2.59. The number of nitrogens with zero attached hydrogens (tertiary/aromatic N) is 1. The maximum atomic E-state index is 11.8. The van der Waals surface area contributed by atoms with Crippen LogP contribution in [0, 0.1) is 11.8 Å². The smallest absolute Gasteiger partial charge is 0.225 e. The molecule has 0 saturated heterocycles. The number of carbonyl (C=O) groups excluding carboxylic acids is 1. The maximum Gasteiger partial charge on any atom is 0.225 e. The van der Waals surface area contributed by atoms with Gasteiger partial charge in [0.15, 0.2) is 0 Å². The molecule has 1 aromatic carbocycles.